The van der Waals surface area contributed by atoms with Crippen molar-refractivity contribution in [1.82, 2.24) is 19.5 Å². The average Bonchev–Trinajstić information content (AvgIpc) is 3.83. The van der Waals surface area contributed by atoms with Crippen molar-refractivity contribution in [3.63, 3.8) is 0 Å². The van der Waals surface area contributed by atoms with Crippen LogP contribution in [0, 0.1) is 0 Å². The molecule has 0 fully saturated rings. The number of hydrogen-bond donors (Lipinski definition) is 0. The van der Waals surface area contributed by atoms with E-state index in [0.717, 1.165) is 61.0 Å². The van der Waals surface area contributed by atoms with Gasteiger partial charge in [-0.1, -0.05) is 164 Å². The molecule has 0 aliphatic carbocycles. The predicted molar refractivity (Wildman–Crippen MR) is 229 cm³/mol. The Balaban J connectivity index is 1.11. The van der Waals surface area contributed by atoms with Crippen LogP contribution in [0.1, 0.15) is 0 Å². The number of hydrogen-bond acceptors (Lipinski definition) is 4. The van der Waals surface area contributed by atoms with Crippen molar-refractivity contribution in [1.29, 1.82) is 0 Å². The first-order chi connectivity index (χ1) is 27.8. The third kappa shape index (κ3) is 5.21. The summed E-state index contributed by atoms with van der Waals surface area (Å²) in [7, 11) is 0. The lowest BCUT2D eigenvalue weighted by molar-refractivity contribution is 0.669. The second-order valence-corrected chi connectivity index (χ2v) is 14.0. The normalized spacial score (nSPS) is 11.6. The van der Waals surface area contributed by atoms with Gasteiger partial charge in [0.15, 0.2) is 17.5 Å². The van der Waals surface area contributed by atoms with Crippen LogP contribution in [0.25, 0.3) is 106 Å². The third-order valence-electron chi connectivity index (χ3n) is 10.7. The third-order valence-corrected chi connectivity index (χ3v) is 10.7. The van der Waals surface area contributed by atoms with Gasteiger partial charge in [-0.15, -0.1) is 0 Å². The molecule has 5 heteroatoms. The van der Waals surface area contributed by atoms with E-state index < -0.39 is 0 Å². The molecule has 0 atom stereocenters. The molecular weight excluding hydrogens is 685 g/mol. The summed E-state index contributed by atoms with van der Waals surface area (Å²) in [6.45, 7) is 0. The summed E-state index contributed by atoms with van der Waals surface area (Å²) in [4.78, 5) is 14.8. The van der Waals surface area contributed by atoms with E-state index in [4.69, 9.17) is 19.4 Å². The first-order valence-electron chi connectivity index (χ1n) is 18.8. The fourth-order valence-corrected chi connectivity index (χ4v) is 8.14. The van der Waals surface area contributed by atoms with Crippen LogP contribution in [-0.2, 0) is 0 Å². The Morgan fingerprint density at radius 1 is 0.357 bits per heavy atom. The zero-order valence-corrected chi connectivity index (χ0v) is 30.2. The van der Waals surface area contributed by atoms with Gasteiger partial charge >= 0.3 is 0 Å². The maximum atomic E-state index is 6.68. The van der Waals surface area contributed by atoms with Gasteiger partial charge in [-0.3, -0.25) is 0 Å². The van der Waals surface area contributed by atoms with E-state index in [0.29, 0.717) is 17.5 Å². The Hall–Kier alpha value is -7.63. The Labute approximate surface area is 322 Å². The lowest BCUT2D eigenvalue weighted by atomic mass is 9.97. The van der Waals surface area contributed by atoms with E-state index in [-0.39, 0.29) is 0 Å². The molecule has 0 saturated heterocycles. The smallest absolute Gasteiger partial charge is 0.164 e. The summed E-state index contributed by atoms with van der Waals surface area (Å²) in [6, 6.07) is 67.5. The Morgan fingerprint density at radius 3 is 1.64 bits per heavy atom. The van der Waals surface area contributed by atoms with E-state index in [1.807, 2.05) is 60.7 Å². The maximum Gasteiger partial charge on any atom is 0.164 e. The Kier molecular flexibility index (Phi) is 7.42. The van der Waals surface area contributed by atoms with Crippen LogP contribution in [0.5, 0.6) is 0 Å². The van der Waals surface area contributed by atoms with Crippen molar-refractivity contribution in [3.05, 3.63) is 194 Å². The van der Waals surface area contributed by atoms with Gasteiger partial charge in [0.25, 0.3) is 0 Å². The molecule has 3 aromatic heterocycles. The zero-order valence-electron chi connectivity index (χ0n) is 30.2. The molecular formula is C51H32N4O. The summed E-state index contributed by atoms with van der Waals surface area (Å²) >= 11 is 0. The predicted octanol–water partition coefficient (Wildman–Crippen LogP) is 13.2. The van der Waals surface area contributed by atoms with Crippen LogP contribution < -0.4 is 0 Å². The molecule has 0 N–H and O–H groups in total. The van der Waals surface area contributed by atoms with Crippen LogP contribution >= 0.6 is 0 Å². The molecule has 5 nitrogen and oxygen atoms in total. The summed E-state index contributed by atoms with van der Waals surface area (Å²) in [5.74, 6) is 1.84. The average molecular weight is 717 g/mol. The van der Waals surface area contributed by atoms with Gasteiger partial charge in [0.05, 0.1) is 16.7 Å². The van der Waals surface area contributed by atoms with Crippen LogP contribution in [0.15, 0.2) is 199 Å². The van der Waals surface area contributed by atoms with Crippen LogP contribution in [-0.4, -0.2) is 19.5 Å². The second kappa shape index (κ2) is 13.0. The number of nitrogens with zero attached hydrogens (tertiary/aromatic N) is 4. The highest BCUT2D eigenvalue weighted by Gasteiger charge is 2.21. The number of benzene rings is 8. The van der Waals surface area contributed by atoms with E-state index >= 15 is 0 Å². The lowest BCUT2D eigenvalue weighted by Gasteiger charge is -2.16. The molecule has 0 unspecified atom stereocenters. The van der Waals surface area contributed by atoms with Gasteiger partial charge < -0.3 is 8.98 Å². The van der Waals surface area contributed by atoms with Crippen LogP contribution in [0.4, 0.5) is 0 Å². The number of fused-ring (bicyclic) bond motifs is 6. The quantitative estimate of drug-likeness (QED) is 0.172. The standard InChI is InChI=1S/C51H32N4O/c1-4-16-33(17-5-1)37-24-14-26-41-39-23-11-13-28-44(39)55(48(37)41)43-27-12-10-22-38(43)40-25-15-29-45-47(40)42-31-30-36(32-46(42)56-45)51-53-49(34-18-6-2-7-19-34)52-50(54-51)35-20-8-3-9-21-35/h1-32H. The molecule has 0 aliphatic rings. The Morgan fingerprint density at radius 2 is 0.911 bits per heavy atom. The van der Waals surface area contributed by atoms with Gasteiger partial charge in [0.2, 0.25) is 0 Å². The van der Waals surface area contributed by atoms with Gasteiger partial charge in [-0.05, 0) is 41.5 Å². The summed E-state index contributed by atoms with van der Waals surface area (Å²) in [5.41, 5.74) is 12.4. The van der Waals surface area contributed by atoms with Gasteiger partial charge in [0, 0.05) is 49.4 Å². The molecule has 0 spiro atoms. The highest BCUT2D eigenvalue weighted by Crippen LogP contribution is 2.43. The minimum atomic E-state index is 0.589. The lowest BCUT2D eigenvalue weighted by Crippen LogP contribution is -2.00. The number of para-hydroxylation sites is 3. The molecule has 0 aliphatic heterocycles. The van der Waals surface area contributed by atoms with Crippen molar-refractivity contribution in [2.75, 3.05) is 0 Å². The largest absolute Gasteiger partial charge is 0.456 e. The molecule has 8 aromatic carbocycles. The van der Waals surface area contributed by atoms with E-state index in [1.54, 1.807) is 0 Å². The van der Waals surface area contributed by atoms with Gasteiger partial charge in [0.1, 0.15) is 11.2 Å². The van der Waals surface area contributed by atoms with Crippen LogP contribution in [0.3, 0.4) is 0 Å². The van der Waals surface area contributed by atoms with Gasteiger partial charge in [-0.25, -0.2) is 15.0 Å². The fourth-order valence-electron chi connectivity index (χ4n) is 8.14. The second-order valence-electron chi connectivity index (χ2n) is 14.0. The van der Waals surface area contributed by atoms with Crippen molar-refractivity contribution in [2.24, 2.45) is 0 Å². The maximum absolute atomic E-state index is 6.68. The van der Waals surface area contributed by atoms with Gasteiger partial charge in [-0.2, -0.15) is 0 Å². The van der Waals surface area contributed by atoms with E-state index in [9.17, 15) is 0 Å². The SMILES string of the molecule is c1ccc(-c2nc(-c3ccccc3)nc(-c3ccc4c(c3)oc3cccc(-c5ccccc5-n5c6ccccc6c6cccc(-c7ccccc7)c65)c34)n2)cc1. The monoisotopic (exact) mass is 716 g/mol. The molecule has 11 aromatic rings. The molecule has 56 heavy (non-hydrogen) atoms. The van der Waals surface area contributed by atoms with E-state index in [1.165, 1.54) is 27.4 Å². The van der Waals surface area contributed by atoms with Crippen molar-refractivity contribution in [3.8, 4) is 62.1 Å². The minimum absolute atomic E-state index is 0.589. The topological polar surface area (TPSA) is 56.7 Å². The first-order valence-corrected chi connectivity index (χ1v) is 18.8. The summed E-state index contributed by atoms with van der Waals surface area (Å²) in [5, 5.41) is 4.54. The Bertz CT molecular complexity index is 3180. The molecule has 0 radical (unpaired) electrons. The van der Waals surface area contributed by atoms with E-state index in [2.05, 4.69) is 138 Å². The molecule has 0 bridgehead atoms. The summed E-state index contributed by atoms with van der Waals surface area (Å²) < 4.78 is 9.12. The van der Waals surface area contributed by atoms with Crippen molar-refractivity contribution < 1.29 is 4.42 Å². The highest BCUT2D eigenvalue weighted by molar-refractivity contribution is 6.16. The summed E-state index contributed by atoms with van der Waals surface area (Å²) in [6.07, 6.45) is 0. The minimum Gasteiger partial charge on any atom is -0.456 e. The molecule has 3 heterocycles. The zero-order chi connectivity index (χ0) is 37.0. The van der Waals surface area contributed by atoms with Crippen molar-refractivity contribution >= 4 is 43.7 Å². The number of furan rings is 1. The number of rotatable bonds is 6. The van der Waals surface area contributed by atoms with Crippen molar-refractivity contribution in [2.45, 2.75) is 0 Å². The number of aromatic nitrogens is 4. The molecule has 11 rings (SSSR count). The molecule has 0 amide bonds. The van der Waals surface area contributed by atoms with Crippen LogP contribution in [0.2, 0.25) is 0 Å². The fraction of sp³-hybridized carbons (Fsp3) is 0. The first kappa shape index (κ1) is 31.9. The molecule has 262 valence electrons. The highest BCUT2D eigenvalue weighted by atomic mass is 16.3. The molecule has 0 saturated carbocycles.